The smallest absolute Gasteiger partial charge is 0.178 e. The quantitative estimate of drug-likeness (QED) is 0.137. The van der Waals surface area contributed by atoms with E-state index in [1.165, 1.54) is 41.9 Å². The van der Waals surface area contributed by atoms with E-state index in [0.717, 1.165) is 31.7 Å². The first-order valence-electron chi connectivity index (χ1n) is 11.8. The zero-order chi connectivity index (χ0) is 25.8. The molecule has 3 aromatic rings. The first-order valence-corrected chi connectivity index (χ1v) is 12.6. The van der Waals surface area contributed by atoms with Crippen molar-refractivity contribution < 1.29 is 13.6 Å². The van der Waals surface area contributed by atoms with Crippen LogP contribution in [0.25, 0.3) is 0 Å². The molecule has 35 heavy (non-hydrogen) atoms. The minimum atomic E-state index is -0.452. The van der Waals surface area contributed by atoms with Crippen molar-refractivity contribution >= 4 is 22.6 Å². The molecule has 1 aromatic heterocycles. The predicted octanol–water partition coefficient (Wildman–Crippen LogP) is 8.16. The van der Waals surface area contributed by atoms with Crippen molar-refractivity contribution in [2.45, 2.75) is 58.1 Å². The summed E-state index contributed by atoms with van der Waals surface area (Å²) in [5.74, 6) is -0.887. The Balaban J connectivity index is 0.000000402. The maximum Gasteiger partial charge on any atom is 0.178 e. The fourth-order valence-electron chi connectivity index (χ4n) is 3.79. The third-order valence-corrected chi connectivity index (χ3v) is 7.15. The van der Waals surface area contributed by atoms with Crippen LogP contribution in [0.2, 0.25) is 0 Å². The number of carbonyl (C=O) groups excluding carboxylic acids is 1. The average Bonchev–Trinajstić information content (AvgIpc) is 2.85. The Morgan fingerprint density at radius 3 is 2.34 bits per heavy atom. The molecule has 0 saturated carbocycles. The van der Waals surface area contributed by atoms with Crippen LogP contribution in [0.1, 0.15) is 73.6 Å². The number of aromatic nitrogens is 1. The van der Waals surface area contributed by atoms with Gasteiger partial charge in [0.05, 0.1) is 0 Å². The Kier molecular flexibility index (Phi) is 11.3. The Morgan fingerprint density at radius 2 is 1.77 bits per heavy atom. The Morgan fingerprint density at radius 1 is 1.06 bits per heavy atom. The second kappa shape index (κ2) is 13.9. The molecule has 0 amide bonds. The van der Waals surface area contributed by atoms with Crippen LogP contribution in [-0.2, 0) is 4.75 Å². The standard InChI is InChI=1S/C22H27F2NS.C7H7NO/c1-5-6-9-14-22(3,19-11-8-7-10-16(19)2)26-21(25-4)18-15-17(23)12-13-20(18)24;1-6(9)7-4-2-3-5-8-7/h7-8,10-13,15H,5-6,9,14H2,1-4H3;2-5H,1H3. The van der Waals surface area contributed by atoms with Crippen LogP contribution in [0.5, 0.6) is 0 Å². The molecule has 0 aliphatic rings. The van der Waals surface area contributed by atoms with Crippen LogP contribution in [0, 0.1) is 18.6 Å². The van der Waals surface area contributed by atoms with E-state index in [9.17, 15) is 13.6 Å². The van der Waals surface area contributed by atoms with Gasteiger partial charge in [-0.15, -0.1) is 0 Å². The third kappa shape index (κ3) is 8.39. The van der Waals surface area contributed by atoms with E-state index in [-0.39, 0.29) is 16.1 Å². The topological polar surface area (TPSA) is 42.3 Å². The first kappa shape index (κ1) is 28.4. The van der Waals surface area contributed by atoms with Crippen LogP contribution in [-0.4, -0.2) is 22.9 Å². The molecule has 3 rings (SSSR count). The lowest BCUT2D eigenvalue weighted by atomic mass is 9.91. The molecule has 6 heteroatoms. The van der Waals surface area contributed by atoms with Crippen molar-refractivity contribution in [3.05, 3.63) is 101 Å². The number of hydrogen-bond acceptors (Lipinski definition) is 4. The SMILES string of the molecule is CC(=O)c1ccccn1.CCCCCC(C)(SC(=NC)c1cc(F)ccc1F)c1ccccc1C. The highest BCUT2D eigenvalue weighted by Crippen LogP contribution is 2.44. The van der Waals surface area contributed by atoms with Crippen molar-refractivity contribution in [2.24, 2.45) is 4.99 Å². The molecule has 0 aliphatic carbocycles. The monoisotopic (exact) mass is 496 g/mol. The number of benzene rings is 2. The van der Waals surface area contributed by atoms with Crippen molar-refractivity contribution in [2.75, 3.05) is 7.05 Å². The minimum Gasteiger partial charge on any atom is -0.293 e. The first-order chi connectivity index (χ1) is 16.7. The highest BCUT2D eigenvalue weighted by Gasteiger charge is 2.31. The van der Waals surface area contributed by atoms with E-state index in [1.807, 2.05) is 12.1 Å². The molecule has 1 atom stereocenters. The van der Waals surface area contributed by atoms with Gasteiger partial charge in [0.25, 0.3) is 0 Å². The lowest BCUT2D eigenvalue weighted by Gasteiger charge is -2.32. The molecule has 3 nitrogen and oxygen atoms in total. The molecule has 0 aliphatic heterocycles. The molecule has 0 saturated heterocycles. The third-order valence-electron chi connectivity index (χ3n) is 5.68. The molecule has 0 fully saturated rings. The van der Waals surface area contributed by atoms with Gasteiger partial charge < -0.3 is 0 Å². The number of Topliss-reactive ketones (excluding diaryl/α,β-unsaturated/α-hetero) is 1. The van der Waals surface area contributed by atoms with Gasteiger partial charge in [-0.1, -0.05) is 68.3 Å². The second-order valence-corrected chi connectivity index (χ2v) is 10.0. The number of ketones is 1. The summed E-state index contributed by atoms with van der Waals surface area (Å²) in [5, 5.41) is 0.532. The zero-order valence-corrected chi connectivity index (χ0v) is 22.0. The van der Waals surface area contributed by atoms with Crippen LogP contribution >= 0.6 is 11.8 Å². The van der Waals surface area contributed by atoms with Crippen molar-refractivity contribution in [3.63, 3.8) is 0 Å². The van der Waals surface area contributed by atoms with Gasteiger partial charge in [-0.3, -0.25) is 14.8 Å². The molecule has 0 bridgehead atoms. The number of nitrogens with zero attached hydrogens (tertiary/aromatic N) is 2. The van der Waals surface area contributed by atoms with Gasteiger partial charge in [0.15, 0.2) is 5.78 Å². The van der Waals surface area contributed by atoms with E-state index in [1.54, 1.807) is 31.4 Å². The van der Waals surface area contributed by atoms with E-state index in [4.69, 9.17) is 0 Å². The molecule has 2 aromatic carbocycles. The van der Waals surface area contributed by atoms with Crippen LogP contribution in [0.15, 0.2) is 71.9 Å². The maximum absolute atomic E-state index is 14.3. The maximum atomic E-state index is 14.3. The summed E-state index contributed by atoms with van der Waals surface area (Å²) in [5.41, 5.74) is 3.18. The fraction of sp³-hybridized carbons (Fsp3) is 0.345. The number of unbranched alkanes of at least 4 members (excludes halogenated alkanes) is 2. The molecule has 0 radical (unpaired) electrons. The molecular formula is C29H34F2N2OS. The molecule has 186 valence electrons. The predicted molar refractivity (Wildman–Crippen MR) is 143 cm³/mol. The largest absolute Gasteiger partial charge is 0.293 e. The molecule has 1 heterocycles. The van der Waals surface area contributed by atoms with Crippen molar-refractivity contribution in [1.29, 1.82) is 0 Å². The number of hydrogen-bond donors (Lipinski definition) is 0. The summed E-state index contributed by atoms with van der Waals surface area (Å²) in [6.07, 6.45) is 5.93. The molecule has 0 spiro atoms. The van der Waals surface area contributed by atoms with Crippen LogP contribution in [0.4, 0.5) is 8.78 Å². The number of pyridine rings is 1. The lowest BCUT2D eigenvalue weighted by Crippen LogP contribution is -2.22. The summed E-state index contributed by atoms with van der Waals surface area (Å²) in [4.78, 5) is 18.7. The number of aliphatic imine (C=N–C) groups is 1. The highest BCUT2D eigenvalue weighted by molar-refractivity contribution is 8.15. The highest BCUT2D eigenvalue weighted by atomic mass is 32.2. The minimum absolute atomic E-state index is 0.00981. The Labute approximate surface area is 212 Å². The van der Waals surface area contributed by atoms with Gasteiger partial charge in [-0.05, 0) is 61.7 Å². The fourth-order valence-corrected chi connectivity index (χ4v) is 5.16. The van der Waals surface area contributed by atoms with Gasteiger partial charge in [0, 0.05) is 30.5 Å². The summed E-state index contributed by atoms with van der Waals surface area (Å²) in [7, 11) is 1.64. The van der Waals surface area contributed by atoms with Crippen molar-refractivity contribution in [1.82, 2.24) is 4.98 Å². The van der Waals surface area contributed by atoms with Gasteiger partial charge >= 0.3 is 0 Å². The van der Waals surface area contributed by atoms with E-state index < -0.39 is 11.6 Å². The summed E-state index contributed by atoms with van der Waals surface area (Å²) < 4.78 is 27.7. The Hall–Kier alpha value is -2.86. The molecule has 0 N–H and O–H groups in total. The van der Waals surface area contributed by atoms with Gasteiger partial charge in [-0.25, -0.2) is 8.78 Å². The van der Waals surface area contributed by atoms with Gasteiger partial charge in [0.1, 0.15) is 22.4 Å². The number of thioether (sulfide) groups is 1. The zero-order valence-electron chi connectivity index (χ0n) is 21.1. The molecule has 1 unspecified atom stereocenters. The Bertz CT molecular complexity index is 1130. The molecular weight excluding hydrogens is 462 g/mol. The lowest BCUT2D eigenvalue weighted by molar-refractivity contribution is 0.101. The number of aryl methyl sites for hydroxylation is 1. The van der Waals surface area contributed by atoms with Gasteiger partial charge in [-0.2, -0.15) is 0 Å². The van der Waals surface area contributed by atoms with Crippen molar-refractivity contribution in [3.8, 4) is 0 Å². The summed E-state index contributed by atoms with van der Waals surface area (Å²) >= 11 is 1.53. The van der Waals surface area contributed by atoms with E-state index in [0.29, 0.717) is 10.7 Å². The normalized spacial score (nSPS) is 12.9. The second-order valence-electron chi connectivity index (χ2n) is 8.53. The average molecular weight is 497 g/mol. The van der Waals surface area contributed by atoms with Crippen LogP contribution in [0.3, 0.4) is 0 Å². The number of rotatable bonds is 8. The van der Waals surface area contributed by atoms with Gasteiger partial charge in [0.2, 0.25) is 0 Å². The van der Waals surface area contributed by atoms with E-state index >= 15 is 0 Å². The number of carbonyl (C=O) groups is 1. The summed E-state index contributed by atoms with van der Waals surface area (Å²) in [6, 6.07) is 17.1. The van der Waals surface area contributed by atoms with Crippen LogP contribution < -0.4 is 0 Å². The summed E-state index contributed by atoms with van der Waals surface area (Å²) in [6.45, 7) is 7.96. The van der Waals surface area contributed by atoms with E-state index in [2.05, 4.69) is 42.9 Å². The number of halogens is 2.